The molecule has 122 valence electrons. The summed E-state index contributed by atoms with van der Waals surface area (Å²) in [6.45, 7) is 1.83. The number of anilines is 1. The summed E-state index contributed by atoms with van der Waals surface area (Å²) in [5, 5.41) is 8.58. The highest BCUT2D eigenvalue weighted by Gasteiger charge is 2.15. The third-order valence-electron chi connectivity index (χ3n) is 3.32. The number of hydrogen-bond acceptors (Lipinski definition) is 4. The Kier molecular flexibility index (Phi) is 4.51. The molecule has 3 rings (SSSR count). The van der Waals surface area contributed by atoms with Crippen molar-refractivity contribution in [3.63, 3.8) is 0 Å². The molecule has 0 bridgehead atoms. The first kappa shape index (κ1) is 16.4. The quantitative estimate of drug-likeness (QED) is 0.766. The van der Waals surface area contributed by atoms with Crippen molar-refractivity contribution in [1.29, 1.82) is 0 Å². The minimum atomic E-state index is -3.69. The van der Waals surface area contributed by atoms with Crippen LogP contribution in [0.15, 0.2) is 65.6 Å². The van der Waals surface area contributed by atoms with Gasteiger partial charge in [0.05, 0.1) is 10.6 Å². The van der Waals surface area contributed by atoms with Crippen molar-refractivity contribution in [2.45, 2.75) is 11.8 Å². The van der Waals surface area contributed by atoms with Crippen LogP contribution >= 0.6 is 11.6 Å². The molecule has 5 nitrogen and oxygen atoms in total. The Labute approximate surface area is 145 Å². The summed E-state index contributed by atoms with van der Waals surface area (Å²) in [7, 11) is -3.69. The topological polar surface area (TPSA) is 72.0 Å². The minimum Gasteiger partial charge on any atom is -0.262 e. The van der Waals surface area contributed by atoms with Gasteiger partial charge in [-0.05, 0) is 48.9 Å². The van der Waals surface area contributed by atoms with E-state index in [9.17, 15) is 8.42 Å². The number of benzene rings is 2. The van der Waals surface area contributed by atoms with Crippen molar-refractivity contribution in [2.24, 2.45) is 0 Å². The normalized spacial score (nSPS) is 11.2. The van der Waals surface area contributed by atoms with E-state index in [2.05, 4.69) is 14.9 Å². The molecule has 24 heavy (non-hydrogen) atoms. The molecular formula is C17H14ClN3O2S. The Hall–Kier alpha value is -2.44. The van der Waals surface area contributed by atoms with Crippen molar-refractivity contribution in [3.05, 3.63) is 71.2 Å². The van der Waals surface area contributed by atoms with E-state index >= 15 is 0 Å². The second kappa shape index (κ2) is 6.59. The fourth-order valence-corrected chi connectivity index (χ4v) is 3.46. The Morgan fingerprint density at radius 2 is 1.75 bits per heavy atom. The van der Waals surface area contributed by atoms with Gasteiger partial charge < -0.3 is 0 Å². The molecule has 0 radical (unpaired) electrons. The molecule has 0 amide bonds. The van der Waals surface area contributed by atoms with E-state index in [1.807, 2.05) is 25.1 Å². The smallest absolute Gasteiger partial charge is 0.262 e. The molecule has 1 heterocycles. The lowest BCUT2D eigenvalue weighted by molar-refractivity contribution is 0.601. The fraction of sp³-hybridized carbons (Fsp3) is 0.0588. The molecule has 1 N–H and O–H groups in total. The van der Waals surface area contributed by atoms with Gasteiger partial charge in [0.2, 0.25) is 0 Å². The zero-order valence-electron chi connectivity index (χ0n) is 12.8. The molecule has 0 aliphatic carbocycles. The van der Waals surface area contributed by atoms with Gasteiger partial charge in [0.15, 0.2) is 5.82 Å². The number of nitrogens with zero attached hydrogens (tertiary/aromatic N) is 2. The maximum absolute atomic E-state index is 12.4. The lowest BCUT2D eigenvalue weighted by Gasteiger charge is -2.08. The predicted octanol–water partition coefficient (Wildman–Crippen LogP) is 3.91. The van der Waals surface area contributed by atoms with Crippen LogP contribution in [0.25, 0.3) is 11.3 Å². The number of aryl methyl sites for hydroxylation is 1. The van der Waals surface area contributed by atoms with Gasteiger partial charge in [-0.1, -0.05) is 35.9 Å². The highest BCUT2D eigenvalue weighted by molar-refractivity contribution is 7.92. The second-order valence-electron chi connectivity index (χ2n) is 5.24. The molecule has 0 aliphatic rings. The molecular weight excluding hydrogens is 346 g/mol. The summed E-state index contributed by atoms with van der Waals surface area (Å²) < 4.78 is 27.1. The third-order valence-corrected chi connectivity index (χ3v) is 4.91. The molecule has 0 saturated heterocycles. The highest BCUT2D eigenvalue weighted by Crippen LogP contribution is 2.21. The van der Waals surface area contributed by atoms with E-state index < -0.39 is 10.0 Å². The zero-order valence-corrected chi connectivity index (χ0v) is 14.3. The summed E-state index contributed by atoms with van der Waals surface area (Å²) in [5.74, 6) is 0.155. The lowest BCUT2D eigenvalue weighted by atomic mass is 10.1. The number of rotatable bonds is 4. The monoisotopic (exact) mass is 359 g/mol. The summed E-state index contributed by atoms with van der Waals surface area (Å²) in [6, 6.07) is 17.1. The van der Waals surface area contributed by atoms with Crippen LogP contribution in [-0.2, 0) is 10.0 Å². The molecule has 0 fully saturated rings. The predicted molar refractivity (Wildman–Crippen MR) is 94.5 cm³/mol. The number of nitrogens with one attached hydrogen (secondary N) is 1. The van der Waals surface area contributed by atoms with Gasteiger partial charge in [0.1, 0.15) is 0 Å². The van der Waals surface area contributed by atoms with Gasteiger partial charge in [-0.25, -0.2) is 8.42 Å². The number of aromatic nitrogens is 2. The van der Waals surface area contributed by atoms with Crippen LogP contribution < -0.4 is 4.72 Å². The van der Waals surface area contributed by atoms with Gasteiger partial charge in [0, 0.05) is 10.6 Å². The number of hydrogen-bond donors (Lipinski definition) is 1. The first-order valence-corrected chi connectivity index (χ1v) is 8.99. The first-order chi connectivity index (χ1) is 11.4. The van der Waals surface area contributed by atoms with Crippen molar-refractivity contribution >= 4 is 27.4 Å². The largest absolute Gasteiger partial charge is 0.263 e. The second-order valence-corrected chi connectivity index (χ2v) is 7.36. The average molecular weight is 360 g/mol. The zero-order chi connectivity index (χ0) is 17.2. The van der Waals surface area contributed by atoms with E-state index in [1.54, 1.807) is 36.4 Å². The van der Waals surface area contributed by atoms with Gasteiger partial charge in [0.25, 0.3) is 10.0 Å². The molecule has 0 unspecified atom stereocenters. The van der Waals surface area contributed by atoms with Crippen LogP contribution in [0.1, 0.15) is 5.56 Å². The number of sulfonamides is 1. The lowest BCUT2D eigenvalue weighted by Crippen LogP contribution is -2.14. The third kappa shape index (κ3) is 3.72. The standard InChI is InChI=1S/C17H14ClN3O2S/c1-12-4-2-7-15(10-12)24(22,23)21-17-9-8-16(19-20-17)13-5-3-6-14(18)11-13/h2-11H,1H3,(H,20,21). The van der Waals surface area contributed by atoms with Gasteiger partial charge in [-0.2, -0.15) is 0 Å². The van der Waals surface area contributed by atoms with Crippen molar-refractivity contribution in [3.8, 4) is 11.3 Å². The van der Waals surface area contributed by atoms with Crippen molar-refractivity contribution in [2.75, 3.05) is 4.72 Å². The maximum atomic E-state index is 12.4. The molecule has 0 aliphatic heterocycles. The molecule has 2 aromatic carbocycles. The van der Waals surface area contributed by atoms with E-state index in [0.717, 1.165) is 11.1 Å². The summed E-state index contributed by atoms with van der Waals surface area (Å²) in [6.07, 6.45) is 0. The first-order valence-electron chi connectivity index (χ1n) is 7.13. The van der Waals surface area contributed by atoms with Crippen LogP contribution in [0.4, 0.5) is 5.82 Å². The summed E-state index contributed by atoms with van der Waals surface area (Å²) in [5.41, 5.74) is 2.28. The summed E-state index contributed by atoms with van der Waals surface area (Å²) in [4.78, 5) is 0.184. The van der Waals surface area contributed by atoms with E-state index in [-0.39, 0.29) is 10.7 Å². The highest BCUT2D eigenvalue weighted by atomic mass is 35.5. The van der Waals surface area contributed by atoms with Crippen LogP contribution in [0, 0.1) is 6.92 Å². The van der Waals surface area contributed by atoms with Crippen LogP contribution in [-0.4, -0.2) is 18.6 Å². The van der Waals surface area contributed by atoms with Gasteiger partial charge in [-0.15, -0.1) is 10.2 Å². The Balaban J connectivity index is 1.84. The van der Waals surface area contributed by atoms with E-state index in [4.69, 9.17) is 11.6 Å². The molecule has 1 aromatic heterocycles. The molecule has 3 aromatic rings. The van der Waals surface area contributed by atoms with Crippen molar-refractivity contribution in [1.82, 2.24) is 10.2 Å². The molecule has 7 heteroatoms. The molecule has 0 atom stereocenters. The Morgan fingerprint density at radius 3 is 2.42 bits per heavy atom. The van der Waals surface area contributed by atoms with Crippen LogP contribution in [0.3, 0.4) is 0 Å². The average Bonchev–Trinajstić information content (AvgIpc) is 2.55. The van der Waals surface area contributed by atoms with Crippen LogP contribution in [0.2, 0.25) is 5.02 Å². The van der Waals surface area contributed by atoms with E-state index in [1.165, 1.54) is 6.07 Å². The maximum Gasteiger partial charge on any atom is 0.263 e. The Morgan fingerprint density at radius 1 is 0.958 bits per heavy atom. The van der Waals surface area contributed by atoms with Gasteiger partial charge >= 0.3 is 0 Å². The minimum absolute atomic E-state index is 0.155. The van der Waals surface area contributed by atoms with E-state index in [0.29, 0.717) is 10.7 Å². The Bertz CT molecular complexity index is 973. The molecule has 0 spiro atoms. The van der Waals surface area contributed by atoms with Crippen molar-refractivity contribution < 1.29 is 8.42 Å². The van der Waals surface area contributed by atoms with Gasteiger partial charge in [-0.3, -0.25) is 4.72 Å². The van der Waals surface area contributed by atoms with Crippen LogP contribution in [0.5, 0.6) is 0 Å². The molecule has 0 saturated carbocycles. The summed E-state index contributed by atoms with van der Waals surface area (Å²) >= 11 is 5.95. The fourth-order valence-electron chi connectivity index (χ4n) is 2.17. The SMILES string of the molecule is Cc1cccc(S(=O)(=O)Nc2ccc(-c3cccc(Cl)c3)nn2)c1. The number of halogens is 1.